The molecule has 29 heavy (non-hydrogen) atoms. The van der Waals surface area contributed by atoms with Gasteiger partial charge in [-0.1, -0.05) is 0 Å². The van der Waals surface area contributed by atoms with E-state index in [1.807, 2.05) is 14.1 Å². The number of aliphatic imine (C=N–C) groups is 1. The van der Waals surface area contributed by atoms with E-state index in [9.17, 15) is 4.79 Å². The summed E-state index contributed by atoms with van der Waals surface area (Å²) >= 11 is 1.77. The van der Waals surface area contributed by atoms with Crippen LogP contribution in [0.2, 0.25) is 0 Å². The molecule has 1 aromatic heterocycles. The molecule has 1 atom stereocenters. The van der Waals surface area contributed by atoms with Crippen molar-refractivity contribution in [1.29, 1.82) is 0 Å². The molecule has 0 aromatic carbocycles. The summed E-state index contributed by atoms with van der Waals surface area (Å²) in [5.41, 5.74) is 1.13. The number of aryl methyl sites for hydroxylation is 2. The summed E-state index contributed by atoms with van der Waals surface area (Å²) in [6.07, 6.45) is 3.94. The van der Waals surface area contributed by atoms with Crippen LogP contribution < -0.4 is 10.6 Å². The lowest BCUT2D eigenvalue weighted by molar-refractivity contribution is -0.133. The van der Waals surface area contributed by atoms with Gasteiger partial charge in [-0.2, -0.15) is 0 Å². The number of hydrogen-bond donors (Lipinski definition) is 2. The molecule has 0 radical (unpaired) electrons. The lowest BCUT2D eigenvalue weighted by Crippen LogP contribution is -2.43. The van der Waals surface area contributed by atoms with Gasteiger partial charge < -0.3 is 15.5 Å². The summed E-state index contributed by atoms with van der Waals surface area (Å²) in [6.45, 7) is 10.6. The van der Waals surface area contributed by atoms with Crippen LogP contribution in [0, 0.1) is 13.8 Å². The number of nitrogens with zero attached hydrogens (tertiary/aromatic N) is 4. The number of carbonyl (C=O) groups excluding carboxylic acids is 1. The molecule has 2 heterocycles. The summed E-state index contributed by atoms with van der Waals surface area (Å²) in [5.74, 6) is 1.08. The minimum absolute atomic E-state index is 0. The summed E-state index contributed by atoms with van der Waals surface area (Å²) in [5, 5.41) is 7.87. The third-order valence-corrected chi connectivity index (χ3v) is 6.14. The highest BCUT2D eigenvalue weighted by molar-refractivity contribution is 14.0. The molecule has 1 amide bonds. The first-order valence-electron chi connectivity index (χ1n) is 10.3. The lowest BCUT2D eigenvalue weighted by atomic mass is 10.2. The number of amides is 1. The number of likely N-dealkylation sites (N-methyl/N-ethyl adjacent to an activating group) is 1. The van der Waals surface area contributed by atoms with Gasteiger partial charge in [0.15, 0.2) is 5.96 Å². The Balaban J connectivity index is 0.00000420. The molecule has 9 heteroatoms. The van der Waals surface area contributed by atoms with Gasteiger partial charge in [-0.05, 0) is 46.6 Å². The monoisotopic (exact) mass is 536 g/mol. The topological polar surface area (TPSA) is 72.9 Å². The Hall–Kier alpha value is -0.940. The molecule has 1 saturated heterocycles. The van der Waals surface area contributed by atoms with Gasteiger partial charge in [0.2, 0.25) is 5.91 Å². The number of likely N-dealkylation sites (tertiary alicyclic amines) is 1. The number of nitrogens with one attached hydrogen (secondary N) is 2. The number of guanidine groups is 1. The van der Waals surface area contributed by atoms with E-state index in [-0.39, 0.29) is 35.9 Å². The van der Waals surface area contributed by atoms with Crippen molar-refractivity contribution in [2.45, 2.75) is 52.5 Å². The van der Waals surface area contributed by atoms with Crippen LogP contribution in [0.5, 0.6) is 0 Å². The lowest BCUT2D eigenvalue weighted by Gasteiger charge is -2.25. The molecule has 0 spiro atoms. The number of halogens is 1. The van der Waals surface area contributed by atoms with Gasteiger partial charge in [0.1, 0.15) is 0 Å². The third-order valence-electron chi connectivity index (χ3n) is 5.01. The smallest absolute Gasteiger partial charge is 0.239 e. The maximum absolute atomic E-state index is 12.3. The molecule has 1 aromatic rings. The highest BCUT2D eigenvalue weighted by atomic mass is 127. The van der Waals surface area contributed by atoms with E-state index in [1.165, 1.54) is 9.88 Å². The fourth-order valence-corrected chi connectivity index (χ4v) is 4.35. The summed E-state index contributed by atoms with van der Waals surface area (Å²) in [7, 11) is 3.68. The first kappa shape index (κ1) is 26.1. The van der Waals surface area contributed by atoms with E-state index >= 15 is 0 Å². The zero-order chi connectivity index (χ0) is 20.5. The largest absolute Gasteiger partial charge is 0.357 e. The van der Waals surface area contributed by atoms with Gasteiger partial charge in [0, 0.05) is 51.6 Å². The molecule has 1 unspecified atom stereocenters. The predicted molar refractivity (Wildman–Crippen MR) is 133 cm³/mol. The first-order chi connectivity index (χ1) is 13.4. The van der Waals surface area contributed by atoms with Crippen LogP contribution in [0.4, 0.5) is 0 Å². The van der Waals surface area contributed by atoms with Crippen LogP contribution >= 0.6 is 35.3 Å². The summed E-state index contributed by atoms with van der Waals surface area (Å²) < 4.78 is 0. The van der Waals surface area contributed by atoms with Crippen molar-refractivity contribution in [1.82, 2.24) is 25.4 Å². The van der Waals surface area contributed by atoms with Gasteiger partial charge in [-0.25, -0.2) is 4.98 Å². The van der Waals surface area contributed by atoms with E-state index in [0.717, 1.165) is 70.1 Å². The molecule has 1 aliphatic rings. The van der Waals surface area contributed by atoms with E-state index in [2.05, 4.69) is 46.3 Å². The second-order valence-electron chi connectivity index (χ2n) is 7.47. The van der Waals surface area contributed by atoms with E-state index in [0.29, 0.717) is 0 Å². The van der Waals surface area contributed by atoms with Crippen molar-refractivity contribution in [3.05, 3.63) is 15.6 Å². The number of carbonyl (C=O) groups is 1. The first-order valence-corrected chi connectivity index (χ1v) is 11.1. The maximum atomic E-state index is 12.3. The van der Waals surface area contributed by atoms with Crippen LogP contribution in [-0.2, 0) is 11.2 Å². The normalized spacial score (nSPS) is 17.1. The standard InChI is InChI=1S/C20H36N6OS.HI/c1-6-21-20(23-12-10-18-24-15(2)16(3)28-18)22-11-8-14-26-13-7-9-17(26)19(27)25(4)5;/h17H,6-14H2,1-5H3,(H2,21,22,23);1H. The molecular weight excluding hydrogens is 499 g/mol. The molecule has 166 valence electrons. The van der Waals surface area contributed by atoms with Crippen molar-refractivity contribution >= 4 is 47.2 Å². The highest BCUT2D eigenvalue weighted by Gasteiger charge is 2.30. The van der Waals surface area contributed by atoms with Gasteiger partial charge in [0.25, 0.3) is 0 Å². The van der Waals surface area contributed by atoms with Crippen LogP contribution in [0.1, 0.15) is 41.8 Å². The Morgan fingerprint density at radius 1 is 1.34 bits per heavy atom. The van der Waals surface area contributed by atoms with E-state index < -0.39 is 0 Å². The Labute approximate surface area is 196 Å². The van der Waals surface area contributed by atoms with Crippen LogP contribution in [0.15, 0.2) is 4.99 Å². The molecule has 1 fully saturated rings. The number of hydrogen-bond acceptors (Lipinski definition) is 5. The van der Waals surface area contributed by atoms with Crippen LogP contribution in [0.3, 0.4) is 0 Å². The Bertz CT molecular complexity index is 644. The maximum Gasteiger partial charge on any atom is 0.239 e. The van der Waals surface area contributed by atoms with Gasteiger partial charge in [-0.3, -0.25) is 14.7 Å². The van der Waals surface area contributed by atoms with Crippen molar-refractivity contribution in [3.8, 4) is 0 Å². The molecule has 2 rings (SSSR count). The van der Waals surface area contributed by atoms with Crippen LogP contribution in [0.25, 0.3) is 0 Å². The van der Waals surface area contributed by atoms with Crippen LogP contribution in [-0.4, -0.2) is 79.5 Å². The highest BCUT2D eigenvalue weighted by Crippen LogP contribution is 2.19. The average molecular weight is 537 g/mol. The van der Waals surface area contributed by atoms with Crippen molar-refractivity contribution in [2.75, 3.05) is 46.8 Å². The van der Waals surface area contributed by atoms with Gasteiger partial charge in [0.05, 0.1) is 16.7 Å². The fraction of sp³-hybridized carbons (Fsp3) is 0.750. The number of thiazole rings is 1. The SMILES string of the molecule is CCNC(=NCCCN1CCCC1C(=O)N(C)C)NCCc1nc(C)c(C)s1.I. The molecule has 2 N–H and O–H groups in total. The van der Waals surface area contributed by atoms with Crippen molar-refractivity contribution in [2.24, 2.45) is 4.99 Å². The van der Waals surface area contributed by atoms with Crippen molar-refractivity contribution in [3.63, 3.8) is 0 Å². The Morgan fingerprint density at radius 2 is 2.10 bits per heavy atom. The molecule has 0 saturated carbocycles. The Morgan fingerprint density at radius 3 is 2.72 bits per heavy atom. The average Bonchev–Trinajstić information content (AvgIpc) is 3.24. The fourth-order valence-electron chi connectivity index (χ4n) is 3.41. The molecule has 0 aliphatic carbocycles. The number of aromatic nitrogens is 1. The van der Waals surface area contributed by atoms with Gasteiger partial charge in [-0.15, -0.1) is 35.3 Å². The molecular formula is C20H37IN6OS. The molecule has 0 bridgehead atoms. The molecule has 1 aliphatic heterocycles. The quantitative estimate of drug-likeness (QED) is 0.220. The van der Waals surface area contributed by atoms with Crippen molar-refractivity contribution < 1.29 is 4.79 Å². The summed E-state index contributed by atoms with van der Waals surface area (Å²) in [4.78, 5) is 26.9. The zero-order valence-electron chi connectivity index (χ0n) is 18.5. The minimum atomic E-state index is 0. The van der Waals surface area contributed by atoms with Gasteiger partial charge >= 0.3 is 0 Å². The zero-order valence-corrected chi connectivity index (χ0v) is 21.6. The third kappa shape index (κ3) is 8.37. The molecule has 7 nitrogen and oxygen atoms in total. The predicted octanol–water partition coefficient (Wildman–Crippen LogP) is 2.42. The second-order valence-corrected chi connectivity index (χ2v) is 8.75. The Kier molecular flexibility index (Phi) is 12.0. The minimum Gasteiger partial charge on any atom is -0.357 e. The second kappa shape index (κ2) is 13.4. The number of rotatable bonds is 9. The van der Waals surface area contributed by atoms with E-state index in [4.69, 9.17) is 0 Å². The van der Waals surface area contributed by atoms with E-state index in [1.54, 1.807) is 16.2 Å². The summed E-state index contributed by atoms with van der Waals surface area (Å²) in [6, 6.07) is 0.0514.